The van der Waals surface area contributed by atoms with E-state index >= 15 is 0 Å². The molecule has 4 heteroatoms. The van der Waals surface area contributed by atoms with E-state index in [1.807, 2.05) is 6.92 Å². The molecule has 1 rings (SSSR count). The van der Waals surface area contributed by atoms with Gasteiger partial charge < -0.3 is 15.5 Å². The zero-order valence-electron chi connectivity index (χ0n) is 11.4. The first-order valence-corrected chi connectivity index (χ1v) is 6.73. The molecule has 100 valence electrons. The summed E-state index contributed by atoms with van der Waals surface area (Å²) in [6, 6.07) is 0. The lowest BCUT2D eigenvalue weighted by molar-refractivity contribution is 0.119. The van der Waals surface area contributed by atoms with Gasteiger partial charge in [-0.05, 0) is 51.6 Å². The molecule has 1 saturated heterocycles. The van der Waals surface area contributed by atoms with Crippen molar-refractivity contribution in [2.45, 2.75) is 33.6 Å². The van der Waals surface area contributed by atoms with Crippen molar-refractivity contribution in [1.29, 1.82) is 0 Å². The van der Waals surface area contributed by atoms with Crippen molar-refractivity contribution in [2.75, 3.05) is 26.4 Å². The smallest absolute Gasteiger partial charge is 0.113 e. The molecule has 0 spiro atoms. The van der Waals surface area contributed by atoms with E-state index in [-0.39, 0.29) is 0 Å². The Kier molecular flexibility index (Phi) is 7.24. The molecule has 4 nitrogen and oxygen atoms in total. The Bertz CT molecular complexity index is 225. The molecule has 0 bridgehead atoms. The van der Waals surface area contributed by atoms with Gasteiger partial charge in [-0.1, -0.05) is 13.0 Å². The van der Waals surface area contributed by atoms with Crippen LogP contribution in [0.5, 0.6) is 0 Å². The van der Waals surface area contributed by atoms with E-state index in [0.717, 1.165) is 25.6 Å². The molecule has 0 aromatic heterocycles. The van der Waals surface area contributed by atoms with Crippen molar-refractivity contribution in [3.05, 3.63) is 11.8 Å². The Morgan fingerprint density at radius 2 is 2.18 bits per heavy atom. The van der Waals surface area contributed by atoms with Crippen LogP contribution in [0.1, 0.15) is 33.6 Å². The second-order valence-electron chi connectivity index (χ2n) is 4.56. The van der Waals surface area contributed by atoms with Crippen molar-refractivity contribution < 1.29 is 4.74 Å². The monoisotopic (exact) mass is 241 g/mol. The van der Waals surface area contributed by atoms with Gasteiger partial charge in [-0.25, -0.2) is 5.43 Å². The van der Waals surface area contributed by atoms with E-state index in [4.69, 9.17) is 4.74 Å². The number of allylic oxidation sites excluding steroid dienone is 2. The van der Waals surface area contributed by atoms with Crippen LogP contribution in [0.15, 0.2) is 11.8 Å². The normalized spacial score (nSPS) is 20.3. The first-order chi connectivity index (χ1) is 8.29. The molecule has 1 unspecified atom stereocenters. The van der Waals surface area contributed by atoms with Gasteiger partial charge in [0, 0.05) is 12.3 Å². The Morgan fingerprint density at radius 3 is 2.76 bits per heavy atom. The lowest BCUT2D eigenvalue weighted by atomic mass is 9.84. The average molecular weight is 241 g/mol. The third-order valence-corrected chi connectivity index (χ3v) is 3.50. The molecule has 0 amide bonds. The maximum Gasteiger partial charge on any atom is 0.113 e. The van der Waals surface area contributed by atoms with Crippen molar-refractivity contribution in [2.24, 2.45) is 11.8 Å². The van der Waals surface area contributed by atoms with Crippen LogP contribution in [0.2, 0.25) is 0 Å². The van der Waals surface area contributed by atoms with E-state index in [1.54, 1.807) is 0 Å². The SMILES string of the molecule is C/C=C(\NNCOCC)C(C)C1CCNCC1. The molecule has 0 saturated carbocycles. The minimum Gasteiger partial charge on any atom is -0.365 e. The number of nitrogens with one attached hydrogen (secondary N) is 3. The maximum absolute atomic E-state index is 5.24. The van der Waals surface area contributed by atoms with Crippen LogP contribution in [-0.2, 0) is 4.74 Å². The molecule has 1 aliphatic rings. The summed E-state index contributed by atoms with van der Waals surface area (Å²) in [5.41, 5.74) is 7.64. The van der Waals surface area contributed by atoms with Gasteiger partial charge in [-0.2, -0.15) is 0 Å². The van der Waals surface area contributed by atoms with Gasteiger partial charge in [0.1, 0.15) is 6.73 Å². The number of hydrogen-bond acceptors (Lipinski definition) is 4. The van der Waals surface area contributed by atoms with E-state index in [0.29, 0.717) is 12.6 Å². The minimum atomic E-state index is 0.548. The van der Waals surface area contributed by atoms with E-state index in [9.17, 15) is 0 Å². The van der Waals surface area contributed by atoms with Crippen LogP contribution in [-0.4, -0.2) is 26.4 Å². The van der Waals surface area contributed by atoms with Gasteiger partial charge in [0.05, 0.1) is 0 Å². The number of hydrazine groups is 1. The number of ether oxygens (including phenoxy) is 1. The number of piperidine rings is 1. The predicted octanol–water partition coefficient (Wildman–Crippen LogP) is 1.61. The van der Waals surface area contributed by atoms with Gasteiger partial charge in [-0.3, -0.25) is 0 Å². The fourth-order valence-corrected chi connectivity index (χ4v) is 2.34. The molecule has 1 atom stereocenters. The Labute approximate surface area is 105 Å². The van der Waals surface area contributed by atoms with Crippen LogP contribution in [0.25, 0.3) is 0 Å². The highest BCUT2D eigenvalue weighted by Gasteiger charge is 2.22. The molecule has 1 fully saturated rings. The topological polar surface area (TPSA) is 45.3 Å². The number of rotatable bonds is 7. The van der Waals surface area contributed by atoms with Crippen molar-refractivity contribution in [3.8, 4) is 0 Å². The fourth-order valence-electron chi connectivity index (χ4n) is 2.34. The summed E-state index contributed by atoms with van der Waals surface area (Å²) in [5.74, 6) is 1.36. The standard InChI is InChI=1S/C13H27N3O/c1-4-13(16-15-10-17-5-2)11(3)12-6-8-14-9-7-12/h4,11-12,14-16H,5-10H2,1-3H3/b13-4-. The second-order valence-corrected chi connectivity index (χ2v) is 4.56. The Hall–Kier alpha value is -0.580. The molecule has 1 heterocycles. The summed E-state index contributed by atoms with van der Waals surface area (Å²) in [7, 11) is 0. The zero-order valence-corrected chi connectivity index (χ0v) is 11.4. The highest BCUT2D eigenvalue weighted by Crippen LogP contribution is 2.25. The largest absolute Gasteiger partial charge is 0.365 e. The van der Waals surface area contributed by atoms with Gasteiger partial charge in [0.15, 0.2) is 0 Å². The maximum atomic E-state index is 5.24. The van der Waals surface area contributed by atoms with Gasteiger partial charge in [-0.15, -0.1) is 0 Å². The van der Waals surface area contributed by atoms with Crippen LogP contribution in [0.4, 0.5) is 0 Å². The molecule has 3 N–H and O–H groups in total. The summed E-state index contributed by atoms with van der Waals surface area (Å²) >= 11 is 0. The van der Waals surface area contributed by atoms with Crippen LogP contribution < -0.4 is 16.2 Å². The van der Waals surface area contributed by atoms with Gasteiger partial charge in [0.2, 0.25) is 0 Å². The first kappa shape index (κ1) is 14.5. The highest BCUT2D eigenvalue weighted by atomic mass is 16.5. The highest BCUT2D eigenvalue weighted by molar-refractivity contribution is 5.03. The molecule has 0 aliphatic carbocycles. The Balaban J connectivity index is 2.32. The van der Waals surface area contributed by atoms with Crippen molar-refractivity contribution >= 4 is 0 Å². The zero-order chi connectivity index (χ0) is 12.5. The van der Waals surface area contributed by atoms with Crippen LogP contribution >= 0.6 is 0 Å². The van der Waals surface area contributed by atoms with Crippen molar-refractivity contribution in [3.63, 3.8) is 0 Å². The molecule has 17 heavy (non-hydrogen) atoms. The van der Waals surface area contributed by atoms with Crippen LogP contribution in [0, 0.1) is 11.8 Å². The van der Waals surface area contributed by atoms with Gasteiger partial charge in [0.25, 0.3) is 0 Å². The molecular weight excluding hydrogens is 214 g/mol. The predicted molar refractivity (Wildman–Crippen MR) is 71.3 cm³/mol. The Morgan fingerprint density at radius 1 is 1.47 bits per heavy atom. The second kappa shape index (κ2) is 8.50. The average Bonchev–Trinajstić information content (AvgIpc) is 2.39. The molecule has 0 aromatic carbocycles. The minimum absolute atomic E-state index is 0.548. The summed E-state index contributed by atoms with van der Waals surface area (Å²) in [4.78, 5) is 0. The van der Waals surface area contributed by atoms with E-state index in [2.05, 4.69) is 36.1 Å². The molecule has 1 aliphatic heterocycles. The summed E-state index contributed by atoms with van der Waals surface area (Å²) in [5, 5.41) is 3.41. The lowest BCUT2D eigenvalue weighted by Crippen LogP contribution is -2.39. The van der Waals surface area contributed by atoms with Crippen LogP contribution in [0.3, 0.4) is 0 Å². The molecule has 0 aromatic rings. The summed E-state index contributed by atoms with van der Waals surface area (Å²) in [6.07, 6.45) is 4.70. The lowest BCUT2D eigenvalue weighted by Gasteiger charge is -2.30. The van der Waals surface area contributed by atoms with Crippen molar-refractivity contribution in [1.82, 2.24) is 16.2 Å². The first-order valence-electron chi connectivity index (χ1n) is 6.73. The molecule has 0 radical (unpaired) electrons. The van der Waals surface area contributed by atoms with Gasteiger partial charge >= 0.3 is 0 Å². The van der Waals surface area contributed by atoms with E-state index in [1.165, 1.54) is 18.5 Å². The summed E-state index contributed by atoms with van der Waals surface area (Å²) < 4.78 is 5.24. The van der Waals surface area contributed by atoms with E-state index < -0.39 is 0 Å². The fraction of sp³-hybridized carbons (Fsp3) is 0.846. The molecular formula is C13H27N3O. The third kappa shape index (κ3) is 5.06. The number of hydrogen-bond donors (Lipinski definition) is 3. The quantitative estimate of drug-likeness (QED) is 0.360. The third-order valence-electron chi connectivity index (χ3n) is 3.50. The summed E-state index contributed by atoms with van der Waals surface area (Å²) in [6.45, 7) is 9.98.